The van der Waals surface area contributed by atoms with Crippen molar-refractivity contribution in [2.45, 2.75) is 58.8 Å². The number of carbonyl (C=O) groups is 1. The van der Waals surface area contributed by atoms with Gasteiger partial charge in [0.2, 0.25) is 0 Å². The molecule has 0 aliphatic heterocycles. The summed E-state index contributed by atoms with van der Waals surface area (Å²) in [5, 5.41) is 0. The van der Waals surface area contributed by atoms with Crippen LogP contribution in [-0.4, -0.2) is 5.78 Å². The normalized spacial score (nSPS) is 23.3. The van der Waals surface area contributed by atoms with Crippen molar-refractivity contribution in [2.75, 3.05) is 0 Å². The molecule has 0 radical (unpaired) electrons. The van der Waals surface area contributed by atoms with Crippen molar-refractivity contribution in [1.82, 2.24) is 0 Å². The number of aryl methyl sites for hydroxylation is 1. The highest BCUT2D eigenvalue weighted by atomic mass is 16.1. The number of ketones is 1. The van der Waals surface area contributed by atoms with E-state index in [4.69, 9.17) is 0 Å². The summed E-state index contributed by atoms with van der Waals surface area (Å²) in [6, 6.07) is 8.29. The maximum Gasteiger partial charge on any atom is 0.165 e. The van der Waals surface area contributed by atoms with E-state index in [0.29, 0.717) is 5.78 Å². The Hall–Kier alpha value is -1.11. The fraction of sp³-hybridized carbons (Fsp3) is 0.611. The number of rotatable bonds is 5. The van der Waals surface area contributed by atoms with Crippen molar-refractivity contribution in [3.8, 4) is 0 Å². The van der Waals surface area contributed by atoms with E-state index in [-0.39, 0.29) is 5.92 Å². The second kappa shape index (κ2) is 6.88. The second-order valence-electron chi connectivity index (χ2n) is 5.94. The summed E-state index contributed by atoms with van der Waals surface area (Å²) >= 11 is 0. The van der Waals surface area contributed by atoms with Crippen molar-refractivity contribution in [1.29, 1.82) is 0 Å². The molecule has 1 aliphatic rings. The summed E-state index contributed by atoms with van der Waals surface area (Å²) in [6.45, 7) is 4.45. The van der Waals surface area contributed by atoms with Crippen LogP contribution < -0.4 is 0 Å². The highest BCUT2D eigenvalue weighted by molar-refractivity contribution is 5.97. The van der Waals surface area contributed by atoms with Gasteiger partial charge in [0.1, 0.15) is 0 Å². The first-order chi connectivity index (χ1) is 9.24. The third kappa shape index (κ3) is 3.68. The van der Waals surface area contributed by atoms with Crippen LogP contribution in [0.25, 0.3) is 0 Å². The molecular formula is C18H26O. The number of carbonyl (C=O) groups excluding carboxylic acids is 1. The van der Waals surface area contributed by atoms with Gasteiger partial charge in [0.05, 0.1) is 0 Å². The molecular weight excluding hydrogens is 232 g/mol. The van der Waals surface area contributed by atoms with Crippen LogP contribution in [0.1, 0.15) is 68.3 Å². The molecule has 19 heavy (non-hydrogen) atoms. The smallest absolute Gasteiger partial charge is 0.165 e. The first-order valence-corrected chi connectivity index (χ1v) is 7.87. The molecule has 1 heteroatoms. The van der Waals surface area contributed by atoms with Crippen molar-refractivity contribution in [2.24, 2.45) is 11.8 Å². The van der Waals surface area contributed by atoms with E-state index in [9.17, 15) is 4.79 Å². The van der Waals surface area contributed by atoms with Crippen molar-refractivity contribution in [3.63, 3.8) is 0 Å². The monoisotopic (exact) mass is 258 g/mol. The third-order valence-electron chi connectivity index (χ3n) is 4.57. The Morgan fingerprint density at radius 3 is 2.21 bits per heavy atom. The minimum Gasteiger partial charge on any atom is -0.294 e. The summed E-state index contributed by atoms with van der Waals surface area (Å²) in [4.78, 5) is 12.5. The molecule has 0 unspecified atom stereocenters. The van der Waals surface area contributed by atoms with Gasteiger partial charge in [0, 0.05) is 11.5 Å². The lowest BCUT2D eigenvalue weighted by Crippen LogP contribution is -2.21. The molecule has 0 spiro atoms. The number of benzene rings is 1. The second-order valence-corrected chi connectivity index (χ2v) is 5.94. The molecule has 1 nitrogen and oxygen atoms in total. The zero-order chi connectivity index (χ0) is 13.7. The Morgan fingerprint density at radius 2 is 1.68 bits per heavy atom. The lowest BCUT2D eigenvalue weighted by molar-refractivity contribution is 0.0871. The number of Topliss-reactive ketones (excluding diaryl/α,β-unsaturated/α-hetero) is 1. The molecule has 0 saturated heterocycles. The van der Waals surface area contributed by atoms with Gasteiger partial charge < -0.3 is 0 Å². The SMILES string of the molecule is CCCc1ccc(C(=O)C2CCC(CC)CC2)cc1. The summed E-state index contributed by atoms with van der Waals surface area (Å²) in [6.07, 6.45) is 8.20. The van der Waals surface area contributed by atoms with Crippen LogP contribution in [0, 0.1) is 11.8 Å². The largest absolute Gasteiger partial charge is 0.294 e. The van der Waals surface area contributed by atoms with Crippen molar-refractivity contribution < 1.29 is 4.79 Å². The average Bonchev–Trinajstić information content (AvgIpc) is 2.48. The molecule has 104 valence electrons. The lowest BCUT2D eigenvalue weighted by atomic mass is 9.78. The van der Waals surface area contributed by atoms with Crippen molar-refractivity contribution >= 4 is 5.78 Å². The molecule has 0 aromatic heterocycles. The molecule has 1 fully saturated rings. The maximum absolute atomic E-state index is 12.5. The number of hydrogen-bond acceptors (Lipinski definition) is 1. The van der Waals surface area contributed by atoms with Gasteiger partial charge in [-0.1, -0.05) is 51.0 Å². The summed E-state index contributed by atoms with van der Waals surface area (Å²) < 4.78 is 0. The van der Waals surface area contributed by atoms with Gasteiger partial charge in [0.15, 0.2) is 5.78 Å². The van der Waals surface area contributed by atoms with E-state index < -0.39 is 0 Å². The van der Waals surface area contributed by atoms with Crippen LogP contribution in [0.2, 0.25) is 0 Å². The molecule has 0 N–H and O–H groups in total. The van der Waals surface area contributed by atoms with E-state index in [1.54, 1.807) is 0 Å². The molecule has 1 aliphatic carbocycles. The molecule has 0 heterocycles. The average molecular weight is 258 g/mol. The van der Waals surface area contributed by atoms with E-state index in [2.05, 4.69) is 26.0 Å². The maximum atomic E-state index is 12.5. The molecule has 1 aromatic rings. The fourth-order valence-electron chi connectivity index (χ4n) is 3.19. The Morgan fingerprint density at radius 1 is 1.05 bits per heavy atom. The summed E-state index contributed by atoms with van der Waals surface area (Å²) in [7, 11) is 0. The van der Waals surface area contributed by atoms with Gasteiger partial charge in [-0.15, -0.1) is 0 Å². The Balaban J connectivity index is 1.96. The molecule has 0 amide bonds. The molecule has 1 saturated carbocycles. The van der Waals surface area contributed by atoms with Gasteiger partial charge in [-0.3, -0.25) is 4.79 Å². The molecule has 0 bridgehead atoms. The zero-order valence-corrected chi connectivity index (χ0v) is 12.3. The van der Waals surface area contributed by atoms with Crippen LogP contribution in [0.3, 0.4) is 0 Å². The van der Waals surface area contributed by atoms with Gasteiger partial charge in [0.25, 0.3) is 0 Å². The highest BCUT2D eigenvalue weighted by Gasteiger charge is 2.26. The zero-order valence-electron chi connectivity index (χ0n) is 12.3. The van der Waals surface area contributed by atoms with E-state index in [0.717, 1.165) is 37.2 Å². The minimum absolute atomic E-state index is 0.278. The van der Waals surface area contributed by atoms with Crippen LogP contribution in [0.15, 0.2) is 24.3 Å². The first-order valence-electron chi connectivity index (χ1n) is 7.87. The van der Waals surface area contributed by atoms with E-state index in [1.807, 2.05) is 12.1 Å². The van der Waals surface area contributed by atoms with Crippen LogP contribution in [-0.2, 0) is 6.42 Å². The number of hydrogen-bond donors (Lipinski definition) is 0. The first kappa shape index (κ1) is 14.3. The fourth-order valence-corrected chi connectivity index (χ4v) is 3.19. The van der Waals surface area contributed by atoms with E-state index >= 15 is 0 Å². The van der Waals surface area contributed by atoms with Crippen LogP contribution >= 0.6 is 0 Å². The quantitative estimate of drug-likeness (QED) is 0.676. The van der Waals surface area contributed by atoms with Gasteiger partial charge in [-0.2, -0.15) is 0 Å². The topological polar surface area (TPSA) is 17.1 Å². The molecule has 2 rings (SSSR count). The van der Waals surface area contributed by atoms with Gasteiger partial charge in [-0.05, 0) is 43.6 Å². The van der Waals surface area contributed by atoms with Crippen LogP contribution in [0.5, 0.6) is 0 Å². The minimum atomic E-state index is 0.278. The molecule has 0 atom stereocenters. The predicted octanol–water partition coefficient (Wildman–Crippen LogP) is 5.04. The van der Waals surface area contributed by atoms with E-state index in [1.165, 1.54) is 24.8 Å². The third-order valence-corrected chi connectivity index (χ3v) is 4.57. The van der Waals surface area contributed by atoms with Crippen LogP contribution in [0.4, 0.5) is 0 Å². The predicted molar refractivity (Wildman–Crippen MR) is 80.5 cm³/mol. The van der Waals surface area contributed by atoms with Gasteiger partial charge in [-0.25, -0.2) is 0 Å². The standard InChI is InChI=1S/C18H26O/c1-3-5-15-8-12-17(13-9-15)18(19)16-10-6-14(4-2)7-11-16/h8-9,12-14,16H,3-7,10-11H2,1-2H3. The summed E-state index contributed by atoms with van der Waals surface area (Å²) in [5.41, 5.74) is 2.26. The lowest BCUT2D eigenvalue weighted by Gasteiger charge is -2.26. The molecule has 1 aromatic carbocycles. The Bertz CT molecular complexity index is 396. The van der Waals surface area contributed by atoms with Crippen molar-refractivity contribution in [3.05, 3.63) is 35.4 Å². The Kier molecular flexibility index (Phi) is 5.18. The highest BCUT2D eigenvalue weighted by Crippen LogP contribution is 2.32. The summed E-state index contributed by atoms with van der Waals surface area (Å²) in [5.74, 6) is 1.51. The Labute approximate surface area is 117 Å². The van der Waals surface area contributed by atoms with Gasteiger partial charge >= 0.3 is 0 Å².